The van der Waals surface area contributed by atoms with Gasteiger partial charge in [-0.3, -0.25) is 57.9 Å². The number of hydrogen-bond donors (Lipinski definition) is 18. The van der Waals surface area contributed by atoms with Crippen molar-refractivity contribution in [1.82, 2.24) is 51.8 Å². The second kappa shape index (κ2) is 27.2. The number of thiol groups is 1. The molecule has 6 amide bonds. The first-order valence-electron chi connectivity index (χ1n) is 22.3. The zero-order valence-electron chi connectivity index (χ0n) is 40.3. The van der Waals surface area contributed by atoms with Crippen molar-refractivity contribution in [1.29, 1.82) is 0 Å². The van der Waals surface area contributed by atoms with Gasteiger partial charge in [-0.1, -0.05) is 0 Å². The number of carbonyl (C=O) groups excluding carboxylic acids is 6. The first-order chi connectivity index (χ1) is 35.4. The molecule has 0 spiro atoms. The maximum Gasteiger partial charge on any atom is 0.327 e. The van der Waals surface area contributed by atoms with E-state index in [2.05, 4.69) is 58.8 Å². The van der Waals surface area contributed by atoms with Gasteiger partial charge in [-0.05, 0) is 57.4 Å². The number of nitrogens with two attached hydrogens (primary N) is 4. The van der Waals surface area contributed by atoms with Crippen LogP contribution in [0.5, 0.6) is 0 Å². The number of carboxylic acid groups (broad SMARTS) is 5. The van der Waals surface area contributed by atoms with E-state index in [1.165, 1.54) is 44.3 Å². The van der Waals surface area contributed by atoms with Crippen LogP contribution in [0.4, 0.5) is 11.6 Å². The van der Waals surface area contributed by atoms with Crippen molar-refractivity contribution in [2.75, 3.05) is 17.6 Å². The molecular weight excluding hydrogens is 1030 g/mol. The summed E-state index contributed by atoms with van der Waals surface area (Å²) < 4.78 is -1.50. The highest BCUT2D eigenvalue weighted by molar-refractivity contribution is 7.81. The lowest BCUT2D eigenvalue weighted by atomic mass is 9.99. The summed E-state index contributed by atoms with van der Waals surface area (Å²) >= 11 is 4.10. The normalized spacial score (nSPS) is 13.8. The Labute approximate surface area is 433 Å². The van der Waals surface area contributed by atoms with Crippen LogP contribution in [0.25, 0.3) is 11.2 Å². The molecule has 1 aromatic carbocycles. The van der Waals surface area contributed by atoms with E-state index in [9.17, 15) is 83.1 Å². The lowest BCUT2D eigenvalue weighted by molar-refractivity contribution is -0.148. The summed E-state index contributed by atoms with van der Waals surface area (Å²) in [6.45, 7) is 2.43. The first kappa shape index (κ1) is 61.1. The van der Waals surface area contributed by atoms with Gasteiger partial charge in [-0.15, -0.1) is 0 Å². The molecule has 34 heteroatoms. The summed E-state index contributed by atoms with van der Waals surface area (Å²) in [7, 11) is 0. The third kappa shape index (κ3) is 19.3. The van der Waals surface area contributed by atoms with Gasteiger partial charge in [0.1, 0.15) is 30.2 Å². The molecule has 0 aliphatic rings. The number of amides is 6. The first-order valence-corrected chi connectivity index (χ1v) is 22.7. The Kier molecular flexibility index (Phi) is 21.9. The quantitative estimate of drug-likeness (QED) is 0.00976. The number of benzene rings is 1. The van der Waals surface area contributed by atoms with Gasteiger partial charge in [-0.2, -0.15) is 17.6 Å². The SMILES string of the molecule is CC(C)(S)C(NC(=O)C(N)(CC(=O)O)NC(=O)C(CC(=O)O)NC(=O)C(CCCN=C(N)N)NC(=O)C(CC(=O)O)NC(=O)CCC(NC(=O)c1ccc(NCc2cnc3nc(N)[nH]c(=O)c3n2)cc1)C(=O)O)C(=O)O. The lowest BCUT2D eigenvalue weighted by Crippen LogP contribution is -2.70. The van der Waals surface area contributed by atoms with Gasteiger partial charge in [0.25, 0.3) is 17.4 Å². The number of carbonyl (C=O) groups is 11. The predicted molar refractivity (Wildman–Crippen MR) is 264 cm³/mol. The zero-order chi connectivity index (χ0) is 57.2. The van der Waals surface area contributed by atoms with E-state index in [-0.39, 0.29) is 48.1 Å². The number of nitrogens with one attached hydrogen (secondary N) is 8. The van der Waals surface area contributed by atoms with Crippen LogP contribution >= 0.6 is 12.6 Å². The van der Waals surface area contributed by atoms with Crippen molar-refractivity contribution in [3.05, 3.63) is 52.1 Å². The Morgan fingerprint density at radius 3 is 1.89 bits per heavy atom. The van der Waals surface area contributed by atoms with E-state index in [1.54, 1.807) is 0 Å². The average Bonchev–Trinajstić information content (AvgIpc) is 3.30. The van der Waals surface area contributed by atoms with Gasteiger partial charge in [0.15, 0.2) is 22.8 Å². The molecular formula is C42H56N16O17S. The molecule has 3 rings (SSSR count). The van der Waals surface area contributed by atoms with Crippen molar-refractivity contribution >= 4 is 107 Å². The minimum atomic E-state index is -2.99. The molecule has 0 aliphatic heterocycles. The Morgan fingerprint density at radius 2 is 1.34 bits per heavy atom. The smallest absolute Gasteiger partial charge is 0.327 e. The number of H-pyrrole nitrogens is 1. The Morgan fingerprint density at radius 1 is 0.750 bits per heavy atom. The molecule has 412 valence electrons. The monoisotopic (exact) mass is 1090 g/mol. The van der Waals surface area contributed by atoms with Gasteiger partial charge in [0.05, 0.1) is 37.7 Å². The number of aromatic nitrogens is 4. The van der Waals surface area contributed by atoms with E-state index in [1.807, 2.05) is 16.0 Å². The highest BCUT2D eigenvalue weighted by Gasteiger charge is 2.44. The maximum absolute atomic E-state index is 13.8. The number of carboxylic acids is 5. The molecule has 0 fully saturated rings. The van der Waals surface area contributed by atoms with Gasteiger partial charge in [0, 0.05) is 29.0 Å². The summed E-state index contributed by atoms with van der Waals surface area (Å²) in [5.41, 5.74) is 19.4. The molecule has 2 heterocycles. The number of aliphatic imine (C=N–C) groups is 1. The van der Waals surface area contributed by atoms with Gasteiger partial charge in [0.2, 0.25) is 29.6 Å². The molecule has 0 aliphatic carbocycles. The summed E-state index contributed by atoms with van der Waals surface area (Å²) in [4.78, 5) is 170. The fraction of sp³-hybridized carbons (Fsp3) is 0.429. The van der Waals surface area contributed by atoms with Crippen molar-refractivity contribution in [2.45, 2.75) is 106 Å². The number of hydrogen-bond acceptors (Lipinski definition) is 20. The van der Waals surface area contributed by atoms with E-state index < -0.39 is 150 Å². The van der Waals surface area contributed by atoms with Crippen LogP contribution in [0.1, 0.15) is 74.8 Å². The number of fused-ring (bicyclic) bond motifs is 1. The topological polar surface area (TPSA) is 561 Å². The van der Waals surface area contributed by atoms with E-state index >= 15 is 0 Å². The minimum absolute atomic E-state index is 0.00944. The van der Waals surface area contributed by atoms with Gasteiger partial charge in [-0.25, -0.2) is 19.6 Å². The van der Waals surface area contributed by atoms with Crippen LogP contribution < -0.4 is 65.7 Å². The van der Waals surface area contributed by atoms with Gasteiger partial charge < -0.3 is 85.7 Å². The molecule has 3 aromatic rings. The summed E-state index contributed by atoms with van der Waals surface area (Å²) in [6.07, 6.45) is -4.34. The number of aliphatic carboxylic acids is 5. The average molecular weight is 1090 g/mol. The molecule has 2 aromatic heterocycles. The number of anilines is 2. The largest absolute Gasteiger partial charge is 0.481 e. The molecule has 0 saturated heterocycles. The Bertz CT molecular complexity index is 2800. The summed E-state index contributed by atoms with van der Waals surface area (Å²) in [6, 6.07) is -3.92. The molecule has 21 N–H and O–H groups in total. The molecule has 33 nitrogen and oxygen atoms in total. The molecule has 0 saturated carbocycles. The summed E-state index contributed by atoms with van der Waals surface area (Å²) in [5, 5.41) is 63.7. The van der Waals surface area contributed by atoms with Crippen LogP contribution in [-0.2, 0) is 54.5 Å². The van der Waals surface area contributed by atoms with Crippen LogP contribution in [0.15, 0.2) is 40.2 Å². The number of rotatable bonds is 30. The van der Waals surface area contributed by atoms with Crippen LogP contribution in [0.2, 0.25) is 0 Å². The van der Waals surface area contributed by atoms with E-state index in [0.717, 1.165) is 0 Å². The molecule has 76 heavy (non-hydrogen) atoms. The molecule has 6 atom stereocenters. The van der Waals surface area contributed by atoms with Gasteiger partial charge >= 0.3 is 29.8 Å². The van der Waals surface area contributed by atoms with Crippen LogP contribution in [-0.4, -0.2) is 164 Å². The molecule has 0 bridgehead atoms. The Balaban J connectivity index is 1.74. The van der Waals surface area contributed by atoms with Crippen LogP contribution in [0.3, 0.4) is 0 Å². The van der Waals surface area contributed by atoms with Crippen molar-refractivity contribution in [3.63, 3.8) is 0 Å². The maximum atomic E-state index is 13.8. The highest BCUT2D eigenvalue weighted by Crippen LogP contribution is 2.19. The zero-order valence-corrected chi connectivity index (χ0v) is 41.2. The number of nitrogens with zero attached hydrogens (tertiary/aromatic N) is 4. The fourth-order valence-electron chi connectivity index (χ4n) is 6.64. The van der Waals surface area contributed by atoms with Crippen molar-refractivity contribution in [2.24, 2.45) is 22.2 Å². The number of nitrogen functional groups attached to an aromatic ring is 1. The lowest BCUT2D eigenvalue weighted by Gasteiger charge is -2.34. The van der Waals surface area contributed by atoms with Crippen molar-refractivity contribution in [3.8, 4) is 0 Å². The second-order valence-electron chi connectivity index (χ2n) is 17.1. The second-order valence-corrected chi connectivity index (χ2v) is 18.3. The third-order valence-corrected chi connectivity index (χ3v) is 10.7. The summed E-state index contributed by atoms with van der Waals surface area (Å²) in [5.74, 6) is -16.8. The molecule has 6 unspecified atom stereocenters. The van der Waals surface area contributed by atoms with E-state index in [0.29, 0.717) is 11.4 Å². The standard InChI is InChI=1S/C42H56N16O17S/c1-41(2,76)29(37(73)74)55-38(75)42(46,14-27(64)65)58-34(69)23(13-26(62)63)54-32(67)20(4-3-11-47-39(43)44)52-33(68)22(12-25(60)61)51-24(59)10-9-21(36(71)72)53-31(66)17-5-7-18(8-6-17)48-15-19-16-49-30-28(50-19)35(70)57-40(45)56-30/h5-8,16,20-23,29,48,76H,3-4,9-15,46H2,1-2H3,(H,51,59)(H,52,68)(H,53,66)(H,54,67)(H,55,75)(H,58,69)(H,60,61)(H,62,63)(H,64,65)(H,71,72)(H,73,74)(H4,43,44,47)(H3,45,49,56,57,70). The third-order valence-electron chi connectivity index (χ3n) is 10.4. The number of aromatic amines is 1. The predicted octanol–water partition coefficient (Wildman–Crippen LogP) is -5.15. The highest BCUT2D eigenvalue weighted by atomic mass is 32.1. The number of guanidine groups is 1. The van der Waals surface area contributed by atoms with E-state index in [4.69, 9.17) is 22.9 Å². The Hall–Kier alpha value is -9.21. The van der Waals surface area contributed by atoms with Crippen LogP contribution in [0, 0.1) is 0 Å². The minimum Gasteiger partial charge on any atom is -0.481 e. The fourth-order valence-corrected chi connectivity index (χ4v) is 6.82. The molecule has 0 radical (unpaired) electrons. The van der Waals surface area contributed by atoms with Crippen molar-refractivity contribution < 1.29 is 78.3 Å².